The molecular formula is C27H23F3N2O2S. The summed E-state index contributed by atoms with van der Waals surface area (Å²) in [6.45, 7) is 2.80. The van der Waals surface area contributed by atoms with Crippen LogP contribution in [0.3, 0.4) is 0 Å². The molecule has 0 N–H and O–H groups in total. The van der Waals surface area contributed by atoms with E-state index in [0.29, 0.717) is 13.0 Å². The van der Waals surface area contributed by atoms with Crippen LogP contribution < -0.4 is 0 Å². The molecule has 0 saturated carbocycles. The molecule has 0 unspecified atom stereocenters. The maximum Gasteiger partial charge on any atom is 0.246 e. The minimum atomic E-state index is -4.17. The summed E-state index contributed by atoms with van der Waals surface area (Å²) in [6.07, 6.45) is 2.27. The molecule has 0 aliphatic carbocycles. The van der Waals surface area contributed by atoms with Gasteiger partial charge in [-0.2, -0.15) is 4.31 Å². The van der Waals surface area contributed by atoms with E-state index in [9.17, 15) is 21.6 Å². The van der Waals surface area contributed by atoms with Gasteiger partial charge in [-0.15, -0.1) is 0 Å². The summed E-state index contributed by atoms with van der Waals surface area (Å²) in [6, 6.07) is 16.8. The molecular weight excluding hydrogens is 473 g/mol. The van der Waals surface area contributed by atoms with E-state index in [2.05, 4.69) is 4.57 Å². The van der Waals surface area contributed by atoms with Crippen LogP contribution in [0.4, 0.5) is 13.2 Å². The van der Waals surface area contributed by atoms with Crippen LogP contribution in [0.25, 0.3) is 16.5 Å². The van der Waals surface area contributed by atoms with Crippen molar-refractivity contribution in [2.75, 3.05) is 13.1 Å². The van der Waals surface area contributed by atoms with Gasteiger partial charge in [0.25, 0.3) is 0 Å². The molecule has 1 aliphatic rings. The Bertz CT molecular complexity index is 1560. The maximum absolute atomic E-state index is 14.2. The highest BCUT2D eigenvalue weighted by Crippen LogP contribution is 2.36. The molecule has 0 spiro atoms. The van der Waals surface area contributed by atoms with Gasteiger partial charge in [0.15, 0.2) is 0 Å². The fourth-order valence-electron chi connectivity index (χ4n) is 4.72. The Hall–Kier alpha value is -3.36. The Labute approximate surface area is 202 Å². The van der Waals surface area contributed by atoms with Crippen LogP contribution in [0.15, 0.2) is 77.7 Å². The Morgan fingerprint density at radius 2 is 1.63 bits per heavy atom. The Morgan fingerprint density at radius 1 is 0.914 bits per heavy atom. The Morgan fingerprint density at radius 3 is 2.34 bits per heavy atom. The fraction of sp³-hybridized carbons (Fsp3) is 0.185. The summed E-state index contributed by atoms with van der Waals surface area (Å²) in [5, 5.41) is 1.05. The maximum atomic E-state index is 14.2. The average Bonchev–Trinajstić information content (AvgIpc) is 3.13. The zero-order chi connectivity index (χ0) is 24.7. The predicted molar refractivity (Wildman–Crippen MR) is 130 cm³/mol. The largest absolute Gasteiger partial charge is 0.340 e. The summed E-state index contributed by atoms with van der Waals surface area (Å²) in [5.74, 6) is -2.06. The molecule has 0 bridgehead atoms. The normalized spacial score (nSPS) is 14.9. The highest BCUT2D eigenvalue weighted by molar-refractivity contribution is 7.89. The number of benzene rings is 3. The lowest BCUT2D eigenvalue weighted by Gasteiger charge is -2.26. The molecule has 1 aromatic heterocycles. The average molecular weight is 497 g/mol. The fourth-order valence-corrected chi connectivity index (χ4v) is 6.18. The molecule has 8 heteroatoms. The van der Waals surface area contributed by atoms with Crippen molar-refractivity contribution in [2.45, 2.75) is 24.8 Å². The zero-order valence-electron chi connectivity index (χ0n) is 19.0. The number of hydrogen-bond acceptors (Lipinski definition) is 2. The van der Waals surface area contributed by atoms with E-state index in [4.69, 9.17) is 0 Å². The lowest BCUT2D eigenvalue weighted by Crippen LogP contribution is -2.35. The second-order valence-electron chi connectivity index (χ2n) is 8.61. The van der Waals surface area contributed by atoms with Crippen LogP contribution in [0.5, 0.6) is 0 Å². The number of halogens is 3. The third-order valence-corrected chi connectivity index (χ3v) is 8.37. The zero-order valence-corrected chi connectivity index (χ0v) is 19.8. The van der Waals surface area contributed by atoms with Gasteiger partial charge < -0.3 is 4.57 Å². The molecule has 180 valence electrons. The van der Waals surface area contributed by atoms with Gasteiger partial charge in [-0.3, -0.25) is 0 Å². The van der Waals surface area contributed by atoms with E-state index in [1.54, 1.807) is 12.1 Å². The van der Waals surface area contributed by atoms with E-state index in [-0.39, 0.29) is 18.9 Å². The van der Waals surface area contributed by atoms with E-state index in [1.165, 1.54) is 16.4 Å². The monoisotopic (exact) mass is 496 g/mol. The highest BCUT2D eigenvalue weighted by atomic mass is 32.2. The molecule has 0 fully saturated rings. The third-order valence-electron chi connectivity index (χ3n) is 6.49. The second-order valence-corrected chi connectivity index (χ2v) is 10.5. The summed E-state index contributed by atoms with van der Waals surface area (Å²) in [4.78, 5) is -0.651. The van der Waals surface area contributed by atoms with Crippen molar-refractivity contribution in [3.8, 4) is 0 Å². The minimum Gasteiger partial charge on any atom is -0.340 e. The third kappa shape index (κ3) is 4.28. The predicted octanol–water partition coefficient (Wildman–Crippen LogP) is 5.89. The quantitative estimate of drug-likeness (QED) is 0.346. The van der Waals surface area contributed by atoms with Crippen molar-refractivity contribution < 1.29 is 21.6 Å². The van der Waals surface area contributed by atoms with Gasteiger partial charge in [0.05, 0.1) is 0 Å². The smallest absolute Gasteiger partial charge is 0.246 e. The van der Waals surface area contributed by atoms with Gasteiger partial charge in [0, 0.05) is 41.8 Å². The first-order valence-corrected chi connectivity index (χ1v) is 12.7. The first kappa shape index (κ1) is 23.4. The summed E-state index contributed by atoms with van der Waals surface area (Å²) >= 11 is 0. The van der Waals surface area contributed by atoms with E-state index in [0.717, 1.165) is 51.5 Å². The number of aromatic nitrogens is 1. The van der Waals surface area contributed by atoms with Crippen LogP contribution in [0.1, 0.15) is 23.2 Å². The Kier molecular flexibility index (Phi) is 6.02. The van der Waals surface area contributed by atoms with Crippen molar-refractivity contribution in [1.29, 1.82) is 0 Å². The van der Waals surface area contributed by atoms with Gasteiger partial charge in [0.1, 0.15) is 22.3 Å². The first-order chi connectivity index (χ1) is 16.8. The highest BCUT2D eigenvalue weighted by Gasteiger charge is 2.30. The molecule has 4 aromatic rings. The molecule has 0 atom stereocenters. The van der Waals surface area contributed by atoms with E-state index >= 15 is 0 Å². The molecule has 2 heterocycles. The van der Waals surface area contributed by atoms with Crippen molar-refractivity contribution >= 4 is 26.5 Å². The van der Waals surface area contributed by atoms with Crippen LogP contribution in [0.2, 0.25) is 0 Å². The topological polar surface area (TPSA) is 42.3 Å². The molecule has 0 saturated heterocycles. The van der Waals surface area contributed by atoms with Crippen LogP contribution >= 0.6 is 0 Å². The second kappa shape index (κ2) is 9.02. The first-order valence-electron chi connectivity index (χ1n) is 11.2. The molecule has 0 radical (unpaired) electrons. The van der Waals surface area contributed by atoms with Crippen LogP contribution in [-0.2, 0) is 16.6 Å². The van der Waals surface area contributed by atoms with Crippen molar-refractivity contribution in [3.63, 3.8) is 0 Å². The number of fused-ring (bicyclic) bond motifs is 1. The van der Waals surface area contributed by atoms with Gasteiger partial charge in [-0.05, 0) is 60.9 Å². The lowest BCUT2D eigenvalue weighted by atomic mass is 9.97. The van der Waals surface area contributed by atoms with Gasteiger partial charge >= 0.3 is 0 Å². The van der Waals surface area contributed by atoms with Crippen LogP contribution in [-0.4, -0.2) is 30.4 Å². The summed E-state index contributed by atoms with van der Waals surface area (Å²) < 4.78 is 70.5. The molecule has 35 heavy (non-hydrogen) atoms. The number of nitrogens with zero attached hydrogens (tertiary/aromatic N) is 2. The van der Waals surface area contributed by atoms with Crippen molar-refractivity contribution in [1.82, 2.24) is 8.87 Å². The number of hydrogen-bond donors (Lipinski definition) is 0. The van der Waals surface area contributed by atoms with Crippen LogP contribution in [0, 0.1) is 24.4 Å². The van der Waals surface area contributed by atoms with Crippen molar-refractivity contribution in [2.24, 2.45) is 0 Å². The lowest BCUT2D eigenvalue weighted by molar-refractivity contribution is 0.435. The van der Waals surface area contributed by atoms with E-state index in [1.807, 2.05) is 37.3 Å². The Balaban J connectivity index is 1.49. The minimum absolute atomic E-state index is 0.0600. The van der Waals surface area contributed by atoms with Gasteiger partial charge in [-0.25, -0.2) is 21.6 Å². The number of rotatable bonds is 5. The molecule has 4 nitrogen and oxygen atoms in total. The summed E-state index contributed by atoms with van der Waals surface area (Å²) in [7, 11) is -4.17. The molecule has 3 aromatic carbocycles. The standard InChI is InChI=1S/C27H23F3N2O2S/c1-18-27(23-4-2-3-5-25(23)32(18)17-19-6-8-21(28)9-7-19)20-12-14-31(15-13-20)35(33,34)26-16-22(29)10-11-24(26)30/h2-12,16H,13-15,17H2,1H3. The molecule has 1 aliphatic heterocycles. The van der Waals surface area contributed by atoms with Gasteiger partial charge in [0.2, 0.25) is 10.0 Å². The molecule has 5 rings (SSSR count). The van der Waals surface area contributed by atoms with Gasteiger partial charge in [-0.1, -0.05) is 36.4 Å². The number of sulfonamides is 1. The SMILES string of the molecule is Cc1c(C2=CCN(S(=O)(=O)c3cc(F)ccc3F)CC2)c2ccccc2n1Cc1ccc(F)cc1. The van der Waals surface area contributed by atoms with Crippen molar-refractivity contribution in [3.05, 3.63) is 107 Å². The summed E-state index contributed by atoms with van der Waals surface area (Å²) in [5.41, 5.74) is 5.06. The molecule has 0 amide bonds. The van der Waals surface area contributed by atoms with E-state index < -0.39 is 26.6 Å². The number of para-hydroxylation sites is 1.